The quantitative estimate of drug-likeness (QED) is 0.530. The molecule has 2 aromatic rings. The third kappa shape index (κ3) is 5.03. The lowest BCUT2D eigenvalue weighted by Gasteiger charge is -2.36. The van der Waals surface area contributed by atoms with Gasteiger partial charge >= 0.3 is 0 Å². The van der Waals surface area contributed by atoms with E-state index in [1.165, 1.54) is 16.4 Å². The molecule has 2 saturated heterocycles. The molecule has 3 heterocycles. The lowest BCUT2D eigenvalue weighted by Crippen LogP contribution is -2.49. The number of aryl methyl sites for hydroxylation is 1. The van der Waals surface area contributed by atoms with E-state index in [2.05, 4.69) is 10.00 Å². The first-order valence-electron chi connectivity index (χ1n) is 12.4. The van der Waals surface area contributed by atoms with Gasteiger partial charge in [-0.15, -0.1) is 0 Å². The highest BCUT2D eigenvalue weighted by atomic mass is 32.2. The number of carbonyl (C=O) groups excluding carboxylic acids is 1. The van der Waals surface area contributed by atoms with E-state index in [4.69, 9.17) is 0 Å². The molecular weight excluding hydrogens is 502 g/mol. The molecule has 2 aliphatic rings. The van der Waals surface area contributed by atoms with Gasteiger partial charge in [-0.3, -0.25) is 9.48 Å². The highest BCUT2D eigenvalue weighted by molar-refractivity contribution is 7.91. The van der Waals surface area contributed by atoms with Crippen LogP contribution in [0.5, 0.6) is 0 Å². The van der Waals surface area contributed by atoms with E-state index in [-0.39, 0.29) is 28.4 Å². The molecule has 2 aliphatic heterocycles. The molecule has 36 heavy (non-hydrogen) atoms. The van der Waals surface area contributed by atoms with Crippen molar-refractivity contribution in [3.63, 3.8) is 0 Å². The minimum absolute atomic E-state index is 0.123. The van der Waals surface area contributed by atoms with Crippen molar-refractivity contribution >= 4 is 31.5 Å². The number of anilines is 1. The highest BCUT2D eigenvalue weighted by Gasteiger charge is 2.33. The summed E-state index contributed by atoms with van der Waals surface area (Å²) in [4.78, 5) is 17.3. The molecule has 10 nitrogen and oxygen atoms in total. The van der Waals surface area contributed by atoms with Crippen molar-refractivity contribution in [1.29, 1.82) is 0 Å². The van der Waals surface area contributed by atoms with Gasteiger partial charge in [-0.2, -0.15) is 9.40 Å². The normalized spacial score (nSPS) is 20.3. The minimum atomic E-state index is -3.56. The molecule has 1 amide bonds. The Bertz CT molecular complexity index is 1320. The second kappa shape index (κ2) is 10.1. The van der Waals surface area contributed by atoms with Crippen LogP contribution in [-0.2, 0) is 19.9 Å². The lowest BCUT2D eigenvalue weighted by molar-refractivity contribution is 0.0746. The third-order valence-corrected chi connectivity index (χ3v) is 11.0. The summed E-state index contributed by atoms with van der Waals surface area (Å²) < 4.78 is 52.5. The lowest BCUT2D eigenvalue weighted by atomic mass is 10.1. The van der Waals surface area contributed by atoms with Gasteiger partial charge in [0.1, 0.15) is 0 Å². The Morgan fingerprint density at radius 3 is 2.19 bits per heavy atom. The Morgan fingerprint density at radius 1 is 1.06 bits per heavy atom. The van der Waals surface area contributed by atoms with Crippen molar-refractivity contribution < 1.29 is 21.6 Å². The molecule has 0 N–H and O–H groups in total. The Labute approximate surface area is 213 Å². The van der Waals surface area contributed by atoms with E-state index in [0.29, 0.717) is 51.3 Å². The van der Waals surface area contributed by atoms with Gasteiger partial charge in [0.2, 0.25) is 10.0 Å². The number of hydrogen-bond acceptors (Lipinski definition) is 7. The summed E-state index contributed by atoms with van der Waals surface area (Å²) in [6.45, 7) is 10.6. The van der Waals surface area contributed by atoms with E-state index in [1.54, 1.807) is 30.9 Å². The van der Waals surface area contributed by atoms with Gasteiger partial charge in [-0.1, -0.05) is 13.8 Å². The molecule has 1 unspecified atom stereocenters. The molecular formula is C24H35N5O5S2. The summed E-state index contributed by atoms with van der Waals surface area (Å²) in [7, 11) is -6.57. The zero-order valence-corrected chi connectivity index (χ0v) is 23.0. The fourth-order valence-electron chi connectivity index (χ4n) is 5.23. The fourth-order valence-corrected chi connectivity index (χ4v) is 8.38. The zero-order chi connectivity index (χ0) is 26.3. The van der Waals surface area contributed by atoms with Crippen LogP contribution in [0.1, 0.15) is 48.1 Å². The summed E-state index contributed by atoms with van der Waals surface area (Å²) in [5.74, 6) is 0.210. The first-order valence-corrected chi connectivity index (χ1v) is 15.6. The Hall–Kier alpha value is -2.44. The van der Waals surface area contributed by atoms with E-state index >= 15 is 0 Å². The average Bonchev–Trinajstić information content (AvgIpc) is 3.36. The number of benzene rings is 1. The molecule has 0 spiro atoms. The number of nitrogens with zero attached hydrogens (tertiary/aromatic N) is 5. The molecule has 1 aromatic heterocycles. The molecule has 2 fully saturated rings. The van der Waals surface area contributed by atoms with E-state index in [0.717, 1.165) is 17.1 Å². The summed E-state index contributed by atoms with van der Waals surface area (Å²) >= 11 is 0. The number of aromatic nitrogens is 2. The van der Waals surface area contributed by atoms with Crippen molar-refractivity contribution in [2.24, 2.45) is 0 Å². The largest absolute Gasteiger partial charge is 0.365 e. The van der Waals surface area contributed by atoms with E-state index in [1.807, 2.05) is 18.5 Å². The predicted octanol–water partition coefficient (Wildman–Crippen LogP) is 1.85. The smallest absolute Gasteiger partial charge is 0.253 e. The van der Waals surface area contributed by atoms with Gasteiger partial charge in [0.25, 0.3) is 5.91 Å². The van der Waals surface area contributed by atoms with Crippen LogP contribution in [0.25, 0.3) is 0 Å². The number of rotatable bonds is 7. The first kappa shape index (κ1) is 26.6. The number of piperazine rings is 1. The second-order valence-electron chi connectivity index (χ2n) is 9.41. The number of sulfonamides is 1. The minimum Gasteiger partial charge on any atom is -0.365 e. The van der Waals surface area contributed by atoms with Crippen molar-refractivity contribution in [1.82, 2.24) is 19.0 Å². The van der Waals surface area contributed by atoms with Crippen LogP contribution in [0.15, 0.2) is 29.2 Å². The van der Waals surface area contributed by atoms with Gasteiger partial charge in [0.15, 0.2) is 9.84 Å². The molecule has 1 atom stereocenters. The fraction of sp³-hybridized carbons (Fsp3) is 0.583. The van der Waals surface area contributed by atoms with Crippen molar-refractivity contribution in [3.8, 4) is 0 Å². The van der Waals surface area contributed by atoms with Crippen LogP contribution in [0.3, 0.4) is 0 Å². The Morgan fingerprint density at radius 2 is 1.67 bits per heavy atom. The summed E-state index contributed by atoms with van der Waals surface area (Å²) in [5, 5.41) is 4.66. The number of amides is 1. The summed E-state index contributed by atoms with van der Waals surface area (Å²) in [5.41, 5.74) is 3.29. The molecule has 0 bridgehead atoms. The van der Waals surface area contributed by atoms with Crippen molar-refractivity contribution in [3.05, 3.63) is 41.2 Å². The Balaban J connectivity index is 1.42. The van der Waals surface area contributed by atoms with Crippen LogP contribution in [-0.4, -0.2) is 92.5 Å². The van der Waals surface area contributed by atoms with Gasteiger partial charge in [-0.25, -0.2) is 16.8 Å². The van der Waals surface area contributed by atoms with Crippen molar-refractivity contribution in [2.45, 2.75) is 45.1 Å². The monoisotopic (exact) mass is 537 g/mol. The number of sulfone groups is 1. The topological polar surface area (TPSA) is 113 Å². The zero-order valence-electron chi connectivity index (χ0n) is 21.3. The van der Waals surface area contributed by atoms with Gasteiger partial charge < -0.3 is 9.80 Å². The third-order valence-electron chi connectivity index (χ3n) is 7.17. The second-order valence-corrected chi connectivity index (χ2v) is 13.6. The molecule has 4 rings (SSSR count). The molecule has 1 aromatic carbocycles. The standard InChI is InChI=1S/C24H35N5O5S2/c1-5-28(6-2)36(33,34)22-9-7-20(8-10-22)24(30)27-14-12-26(13-15-27)23-18(3)25-29(19(23)4)21-11-16-35(31,32)17-21/h7-10,21H,5-6,11-17H2,1-4H3. The molecule has 198 valence electrons. The number of hydrogen-bond donors (Lipinski definition) is 0. The number of carbonyl (C=O) groups is 1. The maximum Gasteiger partial charge on any atom is 0.253 e. The van der Waals surface area contributed by atoms with E-state index in [9.17, 15) is 21.6 Å². The van der Waals surface area contributed by atoms with Crippen LogP contribution in [0, 0.1) is 13.8 Å². The van der Waals surface area contributed by atoms with Crippen LogP contribution in [0.4, 0.5) is 5.69 Å². The SMILES string of the molecule is CCN(CC)S(=O)(=O)c1ccc(C(=O)N2CCN(c3c(C)nn(C4CCS(=O)(=O)C4)c3C)CC2)cc1. The summed E-state index contributed by atoms with van der Waals surface area (Å²) in [6.07, 6.45) is 0.584. The van der Waals surface area contributed by atoms with Gasteiger partial charge in [0.05, 0.1) is 39.5 Å². The molecule has 0 saturated carbocycles. The maximum absolute atomic E-state index is 13.1. The highest BCUT2D eigenvalue weighted by Crippen LogP contribution is 2.32. The predicted molar refractivity (Wildman–Crippen MR) is 139 cm³/mol. The van der Waals surface area contributed by atoms with Crippen LogP contribution < -0.4 is 4.90 Å². The maximum atomic E-state index is 13.1. The van der Waals surface area contributed by atoms with Crippen molar-refractivity contribution in [2.75, 3.05) is 55.7 Å². The Kier molecular flexibility index (Phi) is 7.50. The molecule has 0 aliphatic carbocycles. The molecule has 12 heteroatoms. The van der Waals surface area contributed by atoms with Crippen LogP contribution in [0.2, 0.25) is 0 Å². The van der Waals surface area contributed by atoms with Gasteiger partial charge in [-0.05, 0) is 44.5 Å². The summed E-state index contributed by atoms with van der Waals surface area (Å²) in [6, 6.07) is 6.04. The first-order chi connectivity index (χ1) is 17.0. The molecule has 0 radical (unpaired) electrons. The average molecular weight is 538 g/mol. The van der Waals surface area contributed by atoms with Gasteiger partial charge in [0, 0.05) is 44.8 Å². The van der Waals surface area contributed by atoms with Crippen LogP contribution >= 0.6 is 0 Å². The van der Waals surface area contributed by atoms with E-state index < -0.39 is 19.9 Å².